The van der Waals surface area contributed by atoms with Gasteiger partial charge in [0.15, 0.2) is 0 Å². The number of hydrogen-bond donors (Lipinski definition) is 1. The third-order valence-electron chi connectivity index (χ3n) is 3.07. The second-order valence-corrected chi connectivity index (χ2v) is 5.15. The van der Waals surface area contributed by atoms with Gasteiger partial charge in [-0.05, 0) is 18.6 Å². The molecule has 3 nitrogen and oxygen atoms in total. The largest absolute Gasteiger partial charge is 0.396 e. The van der Waals surface area contributed by atoms with E-state index in [-0.39, 0.29) is 34.0 Å². The number of benzene rings is 1. The van der Waals surface area contributed by atoms with Gasteiger partial charge in [0.2, 0.25) is 0 Å². The van der Waals surface area contributed by atoms with Crippen LogP contribution in [0.3, 0.4) is 0 Å². The first kappa shape index (κ1) is 13.6. The van der Waals surface area contributed by atoms with E-state index < -0.39 is 5.82 Å². The third-order valence-corrected chi connectivity index (χ3v) is 3.67. The summed E-state index contributed by atoms with van der Waals surface area (Å²) >= 11 is 11.5. The number of amides is 1. The number of nitrogens with zero attached hydrogens (tertiary/aromatic N) is 1. The van der Waals surface area contributed by atoms with Crippen LogP contribution in [0.1, 0.15) is 16.8 Å². The van der Waals surface area contributed by atoms with Gasteiger partial charge in [0.25, 0.3) is 5.91 Å². The highest BCUT2D eigenvalue weighted by Crippen LogP contribution is 2.27. The topological polar surface area (TPSA) is 40.5 Å². The van der Waals surface area contributed by atoms with E-state index >= 15 is 0 Å². The predicted molar refractivity (Wildman–Crippen MR) is 67.5 cm³/mol. The molecule has 1 aliphatic heterocycles. The molecule has 0 spiro atoms. The zero-order valence-corrected chi connectivity index (χ0v) is 11.0. The average molecular weight is 292 g/mol. The molecule has 18 heavy (non-hydrogen) atoms. The lowest BCUT2D eigenvalue weighted by atomic mass is 10.1. The Bertz CT molecular complexity index is 481. The Balaban J connectivity index is 2.22. The molecule has 6 heteroatoms. The van der Waals surface area contributed by atoms with Gasteiger partial charge in [0.05, 0.1) is 15.6 Å². The molecule has 0 radical (unpaired) electrons. The van der Waals surface area contributed by atoms with Gasteiger partial charge in [-0.2, -0.15) is 0 Å². The smallest absolute Gasteiger partial charge is 0.255 e. The zero-order chi connectivity index (χ0) is 13.3. The lowest BCUT2D eigenvalue weighted by Gasteiger charge is -2.17. The van der Waals surface area contributed by atoms with Crippen LogP contribution in [0.2, 0.25) is 10.0 Å². The zero-order valence-electron chi connectivity index (χ0n) is 9.50. The van der Waals surface area contributed by atoms with Crippen molar-refractivity contribution in [2.45, 2.75) is 6.42 Å². The number of likely N-dealkylation sites (tertiary alicyclic amines) is 1. The number of aliphatic hydroxyl groups is 1. The molecule has 1 saturated heterocycles. The monoisotopic (exact) mass is 291 g/mol. The quantitative estimate of drug-likeness (QED) is 0.851. The number of halogens is 3. The van der Waals surface area contributed by atoms with Gasteiger partial charge >= 0.3 is 0 Å². The van der Waals surface area contributed by atoms with Crippen molar-refractivity contribution in [2.75, 3.05) is 19.7 Å². The van der Waals surface area contributed by atoms with Crippen LogP contribution in [-0.2, 0) is 0 Å². The van der Waals surface area contributed by atoms with Crippen LogP contribution in [0.25, 0.3) is 0 Å². The molecule has 1 heterocycles. The number of hydrogen-bond acceptors (Lipinski definition) is 2. The van der Waals surface area contributed by atoms with Crippen molar-refractivity contribution in [3.63, 3.8) is 0 Å². The fourth-order valence-electron chi connectivity index (χ4n) is 2.02. The van der Waals surface area contributed by atoms with Crippen molar-refractivity contribution in [2.24, 2.45) is 5.92 Å². The van der Waals surface area contributed by atoms with E-state index in [1.807, 2.05) is 0 Å². The van der Waals surface area contributed by atoms with Crippen LogP contribution in [0, 0.1) is 11.7 Å². The van der Waals surface area contributed by atoms with Crippen molar-refractivity contribution in [3.05, 3.63) is 33.6 Å². The van der Waals surface area contributed by atoms with E-state index in [0.29, 0.717) is 13.1 Å². The lowest BCUT2D eigenvalue weighted by molar-refractivity contribution is 0.0781. The number of carbonyl (C=O) groups is 1. The van der Waals surface area contributed by atoms with Gasteiger partial charge in [0.1, 0.15) is 5.82 Å². The highest BCUT2D eigenvalue weighted by molar-refractivity contribution is 6.36. The maximum atomic E-state index is 13.3. The Morgan fingerprint density at radius 1 is 1.44 bits per heavy atom. The Kier molecular flexibility index (Phi) is 4.10. The fourth-order valence-corrected chi connectivity index (χ4v) is 2.49. The minimum atomic E-state index is -0.665. The summed E-state index contributed by atoms with van der Waals surface area (Å²) in [7, 11) is 0. The number of rotatable bonds is 2. The molecular weight excluding hydrogens is 280 g/mol. The first-order chi connectivity index (χ1) is 8.52. The lowest BCUT2D eigenvalue weighted by Crippen LogP contribution is -2.29. The number of aliphatic hydroxyl groups excluding tert-OH is 1. The molecule has 0 aromatic heterocycles. The summed E-state index contributed by atoms with van der Waals surface area (Å²) in [5.74, 6) is -0.904. The van der Waals surface area contributed by atoms with Crippen LogP contribution >= 0.6 is 23.2 Å². The van der Waals surface area contributed by atoms with E-state index in [1.54, 1.807) is 4.90 Å². The first-order valence-corrected chi connectivity index (χ1v) is 6.33. The van der Waals surface area contributed by atoms with Crippen molar-refractivity contribution < 1.29 is 14.3 Å². The molecule has 98 valence electrons. The molecule has 1 aliphatic rings. The maximum absolute atomic E-state index is 13.3. The van der Waals surface area contributed by atoms with E-state index in [1.165, 1.54) is 6.07 Å². The summed E-state index contributed by atoms with van der Waals surface area (Å²) in [6, 6.07) is 2.28. The van der Waals surface area contributed by atoms with Crippen molar-refractivity contribution in [1.29, 1.82) is 0 Å². The summed E-state index contributed by atoms with van der Waals surface area (Å²) in [5, 5.41) is 9.06. The van der Waals surface area contributed by atoms with Crippen LogP contribution in [-0.4, -0.2) is 35.6 Å². The molecule has 2 rings (SSSR count). The molecule has 1 unspecified atom stereocenters. The van der Waals surface area contributed by atoms with Crippen molar-refractivity contribution in [3.8, 4) is 0 Å². The normalized spacial score (nSPS) is 19.3. The van der Waals surface area contributed by atoms with Gasteiger partial charge < -0.3 is 10.0 Å². The van der Waals surface area contributed by atoms with Crippen LogP contribution < -0.4 is 0 Å². The summed E-state index contributed by atoms with van der Waals surface area (Å²) < 4.78 is 13.3. The van der Waals surface area contributed by atoms with Gasteiger partial charge in [-0.15, -0.1) is 0 Å². The van der Waals surface area contributed by atoms with Crippen molar-refractivity contribution >= 4 is 29.1 Å². The predicted octanol–water partition coefficient (Wildman–Crippen LogP) is 2.59. The Labute approximate surface area is 114 Å². The molecule has 0 aliphatic carbocycles. The second-order valence-electron chi connectivity index (χ2n) is 4.33. The van der Waals surface area contributed by atoms with E-state index in [4.69, 9.17) is 28.3 Å². The van der Waals surface area contributed by atoms with Crippen LogP contribution in [0.15, 0.2) is 12.1 Å². The van der Waals surface area contributed by atoms with E-state index in [2.05, 4.69) is 0 Å². The molecule has 0 saturated carbocycles. The molecule has 1 amide bonds. The second kappa shape index (κ2) is 5.43. The molecular formula is C12H12Cl2FNO2. The molecule has 1 aromatic carbocycles. The summed E-state index contributed by atoms with van der Waals surface area (Å²) in [6.45, 7) is 1.06. The standard InChI is InChI=1S/C12H12Cl2FNO2/c13-9-4-10(14)11(15)3-8(9)12(18)16-2-1-7(5-16)6-17/h3-4,7,17H,1-2,5-6H2. The molecule has 1 N–H and O–H groups in total. The van der Waals surface area contributed by atoms with Gasteiger partial charge in [-0.1, -0.05) is 23.2 Å². The Hall–Kier alpha value is -0.840. The summed E-state index contributed by atoms with van der Waals surface area (Å²) in [4.78, 5) is 13.7. The Morgan fingerprint density at radius 2 is 2.17 bits per heavy atom. The summed E-state index contributed by atoms with van der Waals surface area (Å²) in [5.41, 5.74) is 0.108. The Morgan fingerprint density at radius 3 is 2.78 bits per heavy atom. The fraction of sp³-hybridized carbons (Fsp3) is 0.417. The third kappa shape index (κ3) is 2.60. The average Bonchev–Trinajstić information content (AvgIpc) is 2.81. The van der Waals surface area contributed by atoms with Gasteiger partial charge in [-0.25, -0.2) is 4.39 Å². The number of carbonyl (C=O) groups excluding carboxylic acids is 1. The van der Waals surface area contributed by atoms with Crippen LogP contribution in [0.4, 0.5) is 4.39 Å². The minimum absolute atomic E-state index is 0.0481. The summed E-state index contributed by atoms with van der Waals surface area (Å²) in [6.07, 6.45) is 0.746. The van der Waals surface area contributed by atoms with Gasteiger partial charge in [-0.3, -0.25) is 4.79 Å². The molecule has 1 atom stereocenters. The molecule has 1 fully saturated rings. The van der Waals surface area contributed by atoms with Gasteiger partial charge in [0, 0.05) is 25.6 Å². The maximum Gasteiger partial charge on any atom is 0.255 e. The molecule has 0 bridgehead atoms. The highest BCUT2D eigenvalue weighted by Gasteiger charge is 2.28. The molecule has 1 aromatic rings. The first-order valence-electron chi connectivity index (χ1n) is 5.57. The highest BCUT2D eigenvalue weighted by atomic mass is 35.5. The van der Waals surface area contributed by atoms with E-state index in [9.17, 15) is 9.18 Å². The van der Waals surface area contributed by atoms with E-state index in [0.717, 1.165) is 12.5 Å². The van der Waals surface area contributed by atoms with Crippen molar-refractivity contribution in [1.82, 2.24) is 4.90 Å². The SMILES string of the molecule is O=C(c1cc(F)c(Cl)cc1Cl)N1CCC(CO)C1. The van der Waals surface area contributed by atoms with Crippen LogP contribution in [0.5, 0.6) is 0 Å². The minimum Gasteiger partial charge on any atom is -0.396 e.